The van der Waals surface area contributed by atoms with Gasteiger partial charge in [-0.15, -0.1) is 0 Å². The van der Waals surface area contributed by atoms with Crippen molar-refractivity contribution in [2.24, 2.45) is 0 Å². The summed E-state index contributed by atoms with van der Waals surface area (Å²) in [5.74, 6) is 0. The first kappa shape index (κ1) is 18.3. The minimum absolute atomic E-state index is 0.195. The topological polar surface area (TPSA) is 41.6 Å². The first-order valence-electron chi connectivity index (χ1n) is 8.22. The zero-order valence-electron chi connectivity index (χ0n) is 14.4. The number of nitrogens with one attached hydrogen (secondary N) is 1. The number of nitrogens with zero attached hydrogens (tertiary/aromatic N) is 1. The summed E-state index contributed by atoms with van der Waals surface area (Å²) < 4.78 is 6.58. The minimum Gasteiger partial charge on any atom is -0.444 e. The summed E-state index contributed by atoms with van der Waals surface area (Å²) in [4.78, 5) is 14.1. The lowest BCUT2D eigenvalue weighted by molar-refractivity contribution is 0.00932. The molecule has 1 amide bonds. The monoisotopic (exact) mass is 382 g/mol. The fourth-order valence-corrected chi connectivity index (χ4v) is 3.08. The Kier molecular flexibility index (Phi) is 6.09. The first-order chi connectivity index (χ1) is 10.7. The number of carbonyl (C=O) groups is 1. The van der Waals surface area contributed by atoms with E-state index < -0.39 is 5.60 Å². The Bertz CT molecular complexity index is 525. The maximum Gasteiger partial charge on any atom is 0.410 e. The van der Waals surface area contributed by atoms with Crippen LogP contribution in [0.4, 0.5) is 4.79 Å². The lowest BCUT2D eigenvalue weighted by Crippen LogP contribution is -2.50. The Morgan fingerprint density at radius 2 is 2.00 bits per heavy atom. The zero-order valence-corrected chi connectivity index (χ0v) is 16.0. The molecule has 1 aliphatic rings. The Labute approximate surface area is 147 Å². The predicted molar refractivity (Wildman–Crippen MR) is 96.4 cm³/mol. The lowest BCUT2D eigenvalue weighted by Gasteiger charge is -2.38. The third kappa shape index (κ3) is 5.81. The zero-order chi connectivity index (χ0) is 17.0. The van der Waals surface area contributed by atoms with Crippen LogP contribution in [0, 0.1) is 0 Å². The van der Waals surface area contributed by atoms with Crippen molar-refractivity contribution in [2.45, 2.75) is 64.8 Å². The fourth-order valence-electron chi connectivity index (χ4n) is 2.81. The summed E-state index contributed by atoms with van der Waals surface area (Å²) in [6.07, 6.45) is 1.71. The number of rotatable bonds is 3. The first-order valence-corrected chi connectivity index (χ1v) is 9.01. The lowest BCUT2D eigenvalue weighted by atomic mass is 9.98. The molecule has 0 radical (unpaired) electrons. The minimum atomic E-state index is -0.437. The highest BCUT2D eigenvalue weighted by Crippen LogP contribution is 2.21. The summed E-state index contributed by atoms with van der Waals surface area (Å²) in [5, 5.41) is 3.60. The number of halogens is 1. The third-order valence-corrected chi connectivity index (χ3v) is 4.54. The summed E-state index contributed by atoms with van der Waals surface area (Å²) >= 11 is 3.45. The molecule has 2 rings (SSSR count). The average molecular weight is 383 g/mol. The van der Waals surface area contributed by atoms with Crippen molar-refractivity contribution in [1.29, 1.82) is 0 Å². The molecule has 1 heterocycles. The van der Waals surface area contributed by atoms with E-state index >= 15 is 0 Å². The van der Waals surface area contributed by atoms with E-state index in [1.54, 1.807) is 0 Å². The number of likely N-dealkylation sites (tertiary alicyclic amines) is 1. The van der Waals surface area contributed by atoms with Crippen LogP contribution in [-0.4, -0.2) is 35.2 Å². The van der Waals surface area contributed by atoms with E-state index in [1.165, 1.54) is 5.56 Å². The van der Waals surface area contributed by atoms with Crippen molar-refractivity contribution in [3.8, 4) is 0 Å². The SMILES string of the molecule is CC1CC(NCc2ccc(Br)cc2)CCN1C(=O)OC(C)(C)C. The molecule has 1 fully saturated rings. The summed E-state index contributed by atoms with van der Waals surface area (Å²) in [5.41, 5.74) is 0.837. The van der Waals surface area contributed by atoms with Gasteiger partial charge in [0.2, 0.25) is 0 Å². The van der Waals surface area contributed by atoms with Crippen LogP contribution in [0.2, 0.25) is 0 Å². The van der Waals surface area contributed by atoms with Gasteiger partial charge >= 0.3 is 6.09 Å². The largest absolute Gasteiger partial charge is 0.444 e. The van der Waals surface area contributed by atoms with Gasteiger partial charge < -0.3 is 15.0 Å². The van der Waals surface area contributed by atoms with Gasteiger partial charge in [0.15, 0.2) is 0 Å². The number of piperidine rings is 1. The predicted octanol–water partition coefficient (Wildman–Crippen LogP) is 4.33. The van der Waals surface area contributed by atoms with E-state index in [0.29, 0.717) is 6.04 Å². The van der Waals surface area contributed by atoms with Crippen LogP contribution in [0.1, 0.15) is 46.1 Å². The normalized spacial score (nSPS) is 22.0. The molecule has 0 bridgehead atoms. The molecule has 0 aliphatic carbocycles. The highest BCUT2D eigenvalue weighted by molar-refractivity contribution is 9.10. The molecule has 128 valence electrons. The number of benzene rings is 1. The quantitative estimate of drug-likeness (QED) is 0.845. The van der Waals surface area contributed by atoms with Gasteiger partial charge in [-0.25, -0.2) is 4.79 Å². The maximum absolute atomic E-state index is 12.2. The van der Waals surface area contributed by atoms with Crippen molar-refractivity contribution in [3.63, 3.8) is 0 Å². The van der Waals surface area contributed by atoms with Gasteiger partial charge in [0, 0.05) is 29.6 Å². The van der Waals surface area contributed by atoms with Crippen LogP contribution in [0.15, 0.2) is 28.7 Å². The Balaban J connectivity index is 1.81. The molecule has 1 aliphatic heterocycles. The van der Waals surface area contributed by atoms with Crippen molar-refractivity contribution in [3.05, 3.63) is 34.3 Å². The molecule has 1 aromatic rings. The van der Waals surface area contributed by atoms with Crippen LogP contribution >= 0.6 is 15.9 Å². The van der Waals surface area contributed by atoms with E-state index in [4.69, 9.17) is 4.74 Å². The molecule has 23 heavy (non-hydrogen) atoms. The van der Waals surface area contributed by atoms with Gasteiger partial charge in [-0.1, -0.05) is 28.1 Å². The number of hydrogen-bond acceptors (Lipinski definition) is 3. The summed E-state index contributed by atoms with van der Waals surface area (Å²) in [6, 6.07) is 9.00. The standard InChI is InChI=1S/C18H27BrN2O2/c1-13-11-16(20-12-14-5-7-15(19)8-6-14)9-10-21(13)17(22)23-18(2,3)4/h5-8,13,16,20H,9-12H2,1-4H3. The van der Waals surface area contributed by atoms with Crippen LogP contribution in [0.5, 0.6) is 0 Å². The van der Waals surface area contributed by atoms with Crippen molar-refractivity contribution in [2.75, 3.05) is 6.54 Å². The summed E-state index contributed by atoms with van der Waals surface area (Å²) in [6.45, 7) is 9.41. The Morgan fingerprint density at radius 3 is 2.57 bits per heavy atom. The molecule has 0 saturated carbocycles. The molecule has 2 unspecified atom stereocenters. The third-order valence-electron chi connectivity index (χ3n) is 4.01. The summed E-state index contributed by atoms with van der Waals surface area (Å²) in [7, 11) is 0. The molecular weight excluding hydrogens is 356 g/mol. The van der Waals surface area contributed by atoms with Crippen molar-refractivity contribution < 1.29 is 9.53 Å². The second-order valence-corrected chi connectivity index (χ2v) is 8.17. The van der Waals surface area contributed by atoms with Crippen LogP contribution in [-0.2, 0) is 11.3 Å². The van der Waals surface area contributed by atoms with Crippen molar-refractivity contribution >= 4 is 22.0 Å². The molecule has 1 N–H and O–H groups in total. The van der Waals surface area contributed by atoms with E-state index in [2.05, 4.69) is 52.4 Å². The van der Waals surface area contributed by atoms with Gasteiger partial charge in [-0.3, -0.25) is 0 Å². The van der Waals surface area contributed by atoms with Crippen LogP contribution in [0.3, 0.4) is 0 Å². The Hall–Kier alpha value is -1.07. The Morgan fingerprint density at radius 1 is 1.35 bits per heavy atom. The van der Waals surface area contributed by atoms with E-state index in [1.807, 2.05) is 25.7 Å². The van der Waals surface area contributed by atoms with E-state index in [0.717, 1.165) is 30.4 Å². The maximum atomic E-state index is 12.2. The molecule has 4 nitrogen and oxygen atoms in total. The molecular formula is C18H27BrN2O2. The highest BCUT2D eigenvalue weighted by Gasteiger charge is 2.31. The van der Waals surface area contributed by atoms with Gasteiger partial charge in [0.25, 0.3) is 0 Å². The molecule has 2 atom stereocenters. The van der Waals surface area contributed by atoms with Crippen LogP contribution in [0.25, 0.3) is 0 Å². The fraction of sp³-hybridized carbons (Fsp3) is 0.611. The number of amides is 1. The molecule has 0 aromatic heterocycles. The van der Waals surface area contributed by atoms with E-state index in [9.17, 15) is 4.79 Å². The number of ether oxygens (including phenoxy) is 1. The molecule has 5 heteroatoms. The number of carbonyl (C=O) groups excluding carboxylic acids is 1. The second kappa shape index (κ2) is 7.67. The molecule has 0 spiro atoms. The van der Waals surface area contributed by atoms with Gasteiger partial charge in [-0.05, 0) is 58.2 Å². The van der Waals surface area contributed by atoms with Crippen LogP contribution < -0.4 is 5.32 Å². The average Bonchev–Trinajstić information content (AvgIpc) is 2.45. The molecule has 1 saturated heterocycles. The van der Waals surface area contributed by atoms with E-state index in [-0.39, 0.29) is 12.1 Å². The highest BCUT2D eigenvalue weighted by atomic mass is 79.9. The molecule has 1 aromatic carbocycles. The van der Waals surface area contributed by atoms with Gasteiger partial charge in [0.1, 0.15) is 5.60 Å². The van der Waals surface area contributed by atoms with Gasteiger partial charge in [0.05, 0.1) is 0 Å². The van der Waals surface area contributed by atoms with Crippen molar-refractivity contribution in [1.82, 2.24) is 10.2 Å². The van der Waals surface area contributed by atoms with Gasteiger partial charge in [-0.2, -0.15) is 0 Å². The number of hydrogen-bond donors (Lipinski definition) is 1. The second-order valence-electron chi connectivity index (χ2n) is 7.25. The smallest absolute Gasteiger partial charge is 0.410 e.